The third kappa shape index (κ3) is 5.83. The van der Waals surface area contributed by atoms with E-state index in [9.17, 15) is 0 Å². The maximum Gasteiger partial charge on any atom is 0.178 e. The Hall–Kier alpha value is -8.67. The summed E-state index contributed by atoms with van der Waals surface area (Å²) in [7, 11) is 0. The lowest BCUT2D eigenvalue weighted by molar-refractivity contribution is 0.769. The van der Waals surface area contributed by atoms with Gasteiger partial charge in [-0.3, -0.25) is 0 Å². The Labute approximate surface area is 375 Å². The summed E-state index contributed by atoms with van der Waals surface area (Å²) in [6.07, 6.45) is 1.81. The molecule has 0 atom stereocenters. The van der Waals surface area contributed by atoms with E-state index in [0.29, 0.717) is 11.5 Å². The lowest BCUT2D eigenvalue weighted by Crippen LogP contribution is -2.28. The molecule has 4 aromatic heterocycles. The van der Waals surface area contributed by atoms with Crippen molar-refractivity contribution in [3.05, 3.63) is 247 Å². The first-order valence-electron chi connectivity index (χ1n) is 22.0. The number of hydrogen-bond acceptors (Lipinski definition) is 5. The van der Waals surface area contributed by atoms with Gasteiger partial charge in [0.2, 0.25) is 0 Å². The second kappa shape index (κ2) is 14.7. The van der Waals surface area contributed by atoms with Gasteiger partial charge in [-0.2, -0.15) is 0 Å². The van der Waals surface area contributed by atoms with Crippen LogP contribution in [0.3, 0.4) is 0 Å². The molecule has 0 N–H and O–H groups in total. The summed E-state index contributed by atoms with van der Waals surface area (Å²) in [5, 5.41) is 5.48. The summed E-state index contributed by atoms with van der Waals surface area (Å²) in [4.78, 5) is 25.4. The standard InChI is InChI=1S/C60H37N5/c1-4-14-38(15-5-1)52-32-30-41-28-29-42-31-33-55(64-58(42)57(41)62-52)59-61-35-34-53(65-59)39-24-26-40(27-25-39)56-49-36-48-45-20-10-12-22-50(45)60(43-16-6-2-7-17-43,44-18-8-3-9-19-44)51(48)37-47(49)46-21-11-13-23-54(46)63-56/h1-37H. The zero-order valence-corrected chi connectivity index (χ0v) is 35.1. The van der Waals surface area contributed by atoms with Gasteiger partial charge in [-0.25, -0.2) is 24.9 Å². The molecular weight excluding hydrogens is 791 g/mol. The SMILES string of the molecule is c1ccc(-c2ccc3ccc4ccc(-c5nccc(-c6ccc(-c7nc8ccccc8c8cc9c(cc78)-c7ccccc7C9(c7ccccc7)c7ccccc7)cc6)n5)nc4c3n2)cc1. The van der Waals surface area contributed by atoms with E-state index < -0.39 is 5.41 Å². The first-order chi connectivity index (χ1) is 32.2. The first kappa shape index (κ1) is 36.9. The Balaban J connectivity index is 0.926. The number of aromatic nitrogens is 5. The van der Waals surface area contributed by atoms with Crippen LogP contribution >= 0.6 is 0 Å². The quantitative estimate of drug-likeness (QED) is 0.156. The minimum absolute atomic E-state index is 0.496. The Morgan fingerprint density at radius 1 is 0.338 bits per heavy atom. The molecule has 5 heteroatoms. The number of rotatable bonds is 6. The van der Waals surface area contributed by atoms with Gasteiger partial charge in [0.15, 0.2) is 5.82 Å². The maximum atomic E-state index is 5.39. The van der Waals surface area contributed by atoms with Crippen LogP contribution < -0.4 is 0 Å². The van der Waals surface area contributed by atoms with Crippen LogP contribution in [0.15, 0.2) is 225 Å². The highest BCUT2D eigenvalue weighted by atomic mass is 14.9. The second-order valence-corrected chi connectivity index (χ2v) is 16.8. The molecule has 0 aliphatic heterocycles. The van der Waals surface area contributed by atoms with Gasteiger partial charge in [-0.05, 0) is 75.2 Å². The average Bonchev–Trinajstić information content (AvgIpc) is 3.68. The number of benzene rings is 8. The summed E-state index contributed by atoms with van der Waals surface area (Å²) in [5.41, 5.74) is 16.1. The molecule has 0 bridgehead atoms. The normalized spacial score (nSPS) is 12.7. The molecule has 0 radical (unpaired) electrons. The van der Waals surface area contributed by atoms with Crippen LogP contribution in [0, 0.1) is 0 Å². The van der Waals surface area contributed by atoms with Gasteiger partial charge in [0, 0.05) is 44.4 Å². The largest absolute Gasteiger partial charge is 0.247 e. The lowest BCUT2D eigenvalue weighted by atomic mass is 9.67. The highest BCUT2D eigenvalue weighted by molar-refractivity contribution is 6.13. The van der Waals surface area contributed by atoms with Gasteiger partial charge in [0.05, 0.1) is 39.0 Å². The number of fused-ring (bicyclic) bond motifs is 9. The first-order valence-corrected chi connectivity index (χ1v) is 22.0. The predicted molar refractivity (Wildman–Crippen MR) is 264 cm³/mol. The average molecular weight is 828 g/mol. The van der Waals surface area contributed by atoms with Crippen molar-refractivity contribution in [1.82, 2.24) is 24.9 Å². The molecule has 0 fully saturated rings. The van der Waals surface area contributed by atoms with E-state index in [0.717, 1.165) is 71.9 Å². The summed E-state index contributed by atoms with van der Waals surface area (Å²) >= 11 is 0. The lowest BCUT2D eigenvalue weighted by Gasteiger charge is -2.34. The van der Waals surface area contributed by atoms with E-state index in [4.69, 9.17) is 24.9 Å². The molecule has 1 aliphatic rings. The summed E-state index contributed by atoms with van der Waals surface area (Å²) in [5.74, 6) is 0.558. The predicted octanol–water partition coefficient (Wildman–Crippen LogP) is 14.3. The number of nitrogens with zero attached hydrogens (tertiary/aromatic N) is 5. The molecule has 1 aliphatic carbocycles. The van der Waals surface area contributed by atoms with Crippen LogP contribution in [0.25, 0.3) is 99.9 Å². The minimum atomic E-state index is -0.496. The molecule has 13 rings (SSSR count). The van der Waals surface area contributed by atoms with Crippen molar-refractivity contribution in [2.24, 2.45) is 0 Å². The molecule has 65 heavy (non-hydrogen) atoms. The molecule has 0 spiro atoms. The molecule has 0 saturated heterocycles. The van der Waals surface area contributed by atoms with Gasteiger partial charge >= 0.3 is 0 Å². The third-order valence-corrected chi connectivity index (χ3v) is 13.2. The van der Waals surface area contributed by atoms with Crippen LogP contribution in [0.5, 0.6) is 0 Å². The van der Waals surface area contributed by atoms with Crippen molar-refractivity contribution in [2.45, 2.75) is 5.41 Å². The molecule has 4 heterocycles. The molecule has 12 aromatic rings. The van der Waals surface area contributed by atoms with Crippen molar-refractivity contribution >= 4 is 43.5 Å². The second-order valence-electron chi connectivity index (χ2n) is 16.8. The van der Waals surface area contributed by atoms with Crippen LogP contribution in [0.4, 0.5) is 0 Å². The van der Waals surface area contributed by atoms with E-state index in [1.165, 1.54) is 38.8 Å². The van der Waals surface area contributed by atoms with Gasteiger partial charge in [-0.15, -0.1) is 0 Å². The van der Waals surface area contributed by atoms with E-state index in [2.05, 4.69) is 188 Å². The van der Waals surface area contributed by atoms with Crippen LogP contribution in [-0.4, -0.2) is 24.9 Å². The molecule has 0 amide bonds. The van der Waals surface area contributed by atoms with E-state index >= 15 is 0 Å². The van der Waals surface area contributed by atoms with E-state index in [1.54, 1.807) is 0 Å². The minimum Gasteiger partial charge on any atom is -0.247 e. The smallest absolute Gasteiger partial charge is 0.178 e. The molecule has 302 valence electrons. The van der Waals surface area contributed by atoms with Gasteiger partial charge in [0.25, 0.3) is 0 Å². The monoisotopic (exact) mass is 827 g/mol. The maximum absolute atomic E-state index is 5.39. The Morgan fingerprint density at radius 2 is 0.908 bits per heavy atom. The van der Waals surface area contributed by atoms with Crippen LogP contribution in [0.2, 0.25) is 0 Å². The van der Waals surface area contributed by atoms with Crippen molar-refractivity contribution in [3.8, 4) is 56.4 Å². The van der Waals surface area contributed by atoms with Crippen molar-refractivity contribution < 1.29 is 0 Å². The van der Waals surface area contributed by atoms with Crippen molar-refractivity contribution in [2.75, 3.05) is 0 Å². The van der Waals surface area contributed by atoms with Crippen LogP contribution in [-0.2, 0) is 5.41 Å². The van der Waals surface area contributed by atoms with Crippen LogP contribution in [0.1, 0.15) is 22.3 Å². The van der Waals surface area contributed by atoms with Gasteiger partial charge < -0.3 is 0 Å². The molecule has 8 aromatic carbocycles. The summed E-state index contributed by atoms with van der Waals surface area (Å²) < 4.78 is 0. The van der Waals surface area contributed by atoms with Gasteiger partial charge in [0.1, 0.15) is 5.69 Å². The fraction of sp³-hybridized carbons (Fsp3) is 0.0167. The van der Waals surface area contributed by atoms with Gasteiger partial charge in [-0.1, -0.05) is 182 Å². The highest BCUT2D eigenvalue weighted by Crippen LogP contribution is 2.57. The Kier molecular flexibility index (Phi) is 8.36. The van der Waals surface area contributed by atoms with E-state index in [-0.39, 0.29) is 0 Å². The number of pyridine rings is 3. The van der Waals surface area contributed by atoms with E-state index in [1.807, 2.05) is 36.5 Å². The molecule has 5 nitrogen and oxygen atoms in total. The number of hydrogen-bond donors (Lipinski definition) is 0. The Bertz CT molecular complexity index is 3770. The molecular formula is C60H37N5. The summed E-state index contributed by atoms with van der Waals surface area (Å²) in [6, 6.07) is 77.5. The topological polar surface area (TPSA) is 64.5 Å². The zero-order chi connectivity index (χ0) is 42.9. The summed E-state index contributed by atoms with van der Waals surface area (Å²) in [6.45, 7) is 0. The fourth-order valence-electron chi connectivity index (χ4n) is 10.2. The molecule has 0 unspecified atom stereocenters. The number of para-hydroxylation sites is 1. The third-order valence-electron chi connectivity index (χ3n) is 13.2. The van der Waals surface area contributed by atoms with Crippen molar-refractivity contribution in [1.29, 1.82) is 0 Å². The fourth-order valence-corrected chi connectivity index (χ4v) is 10.2. The zero-order valence-electron chi connectivity index (χ0n) is 35.1. The Morgan fingerprint density at radius 3 is 1.65 bits per heavy atom. The molecule has 0 saturated carbocycles. The van der Waals surface area contributed by atoms with Crippen molar-refractivity contribution in [3.63, 3.8) is 0 Å². The highest BCUT2D eigenvalue weighted by Gasteiger charge is 2.46.